The van der Waals surface area contributed by atoms with Crippen LogP contribution in [0.25, 0.3) is 11.0 Å². The number of carbonyl (C=O) groups is 2. The van der Waals surface area contributed by atoms with Crippen molar-refractivity contribution in [3.05, 3.63) is 71.9 Å². The molecule has 186 valence electrons. The van der Waals surface area contributed by atoms with Crippen molar-refractivity contribution in [2.75, 3.05) is 32.1 Å². The number of likely N-dealkylation sites (tertiary alicyclic amines) is 1. The molecule has 1 aromatic heterocycles. The fourth-order valence-corrected chi connectivity index (χ4v) is 4.20. The summed E-state index contributed by atoms with van der Waals surface area (Å²) in [5.74, 6) is -1.72. The number of anilines is 1. The Bertz CT molecular complexity index is 1120. The number of aromatic nitrogens is 1. The molecule has 1 aliphatic heterocycles. The molecule has 1 saturated heterocycles. The molecule has 2 heterocycles. The Labute approximate surface area is 205 Å². The van der Waals surface area contributed by atoms with Gasteiger partial charge in [0, 0.05) is 49.9 Å². The van der Waals surface area contributed by atoms with E-state index in [4.69, 9.17) is 14.7 Å². The van der Waals surface area contributed by atoms with Gasteiger partial charge >= 0.3 is 11.9 Å². The first-order valence-electron chi connectivity index (χ1n) is 11.8. The first kappa shape index (κ1) is 26.0. The Hall–Kier alpha value is -3.65. The van der Waals surface area contributed by atoms with Gasteiger partial charge < -0.3 is 19.6 Å². The van der Waals surface area contributed by atoms with Gasteiger partial charge in [-0.25, -0.2) is 9.59 Å². The highest BCUT2D eigenvalue weighted by Crippen LogP contribution is 2.27. The topological polar surface area (TPSA) is 107 Å². The van der Waals surface area contributed by atoms with Crippen molar-refractivity contribution in [1.82, 2.24) is 10.1 Å². The summed E-state index contributed by atoms with van der Waals surface area (Å²) < 4.78 is 5.58. The summed E-state index contributed by atoms with van der Waals surface area (Å²) in [5, 5.41) is 21.1. The smallest absolute Gasteiger partial charge is 0.328 e. The van der Waals surface area contributed by atoms with E-state index in [1.807, 2.05) is 14.1 Å². The van der Waals surface area contributed by atoms with Crippen LogP contribution in [0, 0.1) is 5.92 Å². The molecule has 2 N–H and O–H groups in total. The summed E-state index contributed by atoms with van der Waals surface area (Å²) in [6.45, 7) is 3.48. The van der Waals surface area contributed by atoms with Gasteiger partial charge in [0.2, 0.25) is 0 Å². The highest BCUT2D eigenvalue weighted by atomic mass is 16.5. The molecule has 8 nitrogen and oxygen atoms in total. The Balaban J connectivity index is 0.000000371. The number of hydrogen-bond donors (Lipinski definition) is 2. The fourth-order valence-electron chi connectivity index (χ4n) is 4.20. The van der Waals surface area contributed by atoms with E-state index in [0.29, 0.717) is 12.2 Å². The minimum absolute atomic E-state index is 0.558. The number of nitrogens with zero attached hydrogens (tertiary/aromatic N) is 3. The van der Waals surface area contributed by atoms with Crippen molar-refractivity contribution in [3.63, 3.8) is 0 Å². The van der Waals surface area contributed by atoms with Gasteiger partial charge in [0.05, 0.1) is 5.69 Å². The lowest BCUT2D eigenvalue weighted by molar-refractivity contribution is -0.134. The number of piperidine rings is 1. The van der Waals surface area contributed by atoms with Crippen molar-refractivity contribution in [2.45, 2.75) is 32.2 Å². The quantitative estimate of drug-likeness (QED) is 0.457. The lowest BCUT2D eigenvalue weighted by Gasteiger charge is -2.31. The van der Waals surface area contributed by atoms with E-state index in [2.05, 4.69) is 63.5 Å². The molecule has 0 amide bonds. The van der Waals surface area contributed by atoms with E-state index in [0.717, 1.165) is 35.8 Å². The van der Waals surface area contributed by atoms with Crippen molar-refractivity contribution in [1.29, 1.82) is 0 Å². The average molecular weight is 480 g/mol. The number of benzene rings is 2. The van der Waals surface area contributed by atoms with E-state index < -0.39 is 11.9 Å². The summed E-state index contributed by atoms with van der Waals surface area (Å²) in [7, 11) is 4.09. The molecule has 4 rings (SSSR count). The molecule has 0 bridgehead atoms. The standard InChI is InChI=1S/C23H29N3O.C4H4O4/c1-25(2)20-9-10-21-22(24-27-23(21)16-20)11-8-18-12-14-26(15-13-18)17-19-6-4-3-5-7-19;5-3(6)1-2-4(7)8/h3-7,9-10,16,18H,8,11-15,17H2,1-2H3;1-2H,(H,5,6)(H,7,8)/b;2-1+. The summed E-state index contributed by atoms with van der Waals surface area (Å²) in [4.78, 5) is 23.8. The molecule has 3 aromatic rings. The fraction of sp³-hybridized carbons (Fsp3) is 0.370. The second-order valence-electron chi connectivity index (χ2n) is 8.96. The average Bonchev–Trinajstić information content (AvgIpc) is 3.25. The molecule has 0 radical (unpaired) electrons. The summed E-state index contributed by atoms with van der Waals surface area (Å²) in [6, 6.07) is 17.2. The van der Waals surface area contributed by atoms with Crippen LogP contribution >= 0.6 is 0 Å². The third-order valence-electron chi connectivity index (χ3n) is 6.16. The highest BCUT2D eigenvalue weighted by Gasteiger charge is 2.20. The van der Waals surface area contributed by atoms with Gasteiger partial charge in [-0.05, 0) is 62.4 Å². The van der Waals surface area contributed by atoms with Crippen LogP contribution < -0.4 is 4.90 Å². The molecule has 0 aliphatic carbocycles. The van der Waals surface area contributed by atoms with E-state index in [-0.39, 0.29) is 0 Å². The van der Waals surface area contributed by atoms with Gasteiger partial charge in [0.25, 0.3) is 0 Å². The lowest BCUT2D eigenvalue weighted by Crippen LogP contribution is -2.33. The maximum Gasteiger partial charge on any atom is 0.328 e. The van der Waals surface area contributed by atoms with Crippen LogP contribution in [0.3, 0.4) is 0 Å². The van der Waals surface area contributed by atoms with Crippen LogP contribution in [0.2, 0.25) is 0 Å². The number of hydrogen-bond acceptors (Lipinski definition) is 6. The number of aliphatic carboxylic acids is 2. The Morgan fingerprint density at radius 3 is 2.31 bits per heavy atom. The van der Waals surface area contributed by atoms with Crippen LogP contribution in [0.15, 0.2) is 65.2 Å². The highest BCUT2D eigenvalue weighted by molar-refractivity contribution is 5.89. The number of carboxylic acids is 2. The zero-order chi connectivity index (χ0) is 25.2. The first-order chi connectivity index (χ1) is 16.8. The lowest BCUT2D eigenvalue weighted by atomic mass is 9.91. The van der Waals surface area contributed by atoms with Gasteiger partial charge in [-0.3, -0.25) is 4.90 Å². The third-order valence-corrected chi connectivity index (χ3v) is 6.16. The zero-order valence-electron chi connectivity index (χ0n) is 20.3. The molecular weight excluding hydrogens is 446 g/mol. The van der Waals surface area contributed by atoms with Gasteiger partial charge in [-0.2, -0.15) is 0 Å². The summed E-state index contributed by atoms with van der Waals surface area (Å²) in [5.41, 5.74) is 4.58. The van der Waals surface area contributed by atoms with Crippen LogP contribution in [-0.4, -0.2) is 59.4 Å². The van der Waals surface area contributed by atoms with Gasteiger partial charge in [-0.15, -0.1) is 0 Å². The van der Waals surface area contributed by atoms with E-state index in [1.54, 1.807) is 0 Å². The molecule has 0 atom stereocenters. The number of fused-ring (bicyclic) bond motifs is 1. The minimum Gasteiger partial charge on any atom is -0.478 e. The monoisotopic (exact) mass is 479 g/mol. The van der Waals surface area contributed by atoms with Crippen LogP contribution in [0.4, 0.5) is 5.69 Å². The van der Waals surface area contributed by atoms with Crippen LogP contribution in [-0.2, 0) is 22.6 Å². The maximum atomic E-state index is 9.55. The van der Waals surface area contributed by atoms with E-state index >= 15 is 0 Å². The number of rotatable bonds is 8. The van der Waals surface area contributed by atoms with Crippen molar-refractivity contribution in [2.24, 2.45) is 5.92 Å². The van der Waals surface area contributed by atoms with E-state index in [9.17, 15) is 9.59 Å². The van der Waals surface area contributed by atoms with Crippen LogP contribution in [0.1, 0.15) is 30.5 Å². The molecule has 0 unspecified atom stereocenters. The van der Waals surface area contributed by atoms with Crippen molar-refractivity contribution < 1.29 is 24.3 Å². The maximum absolute atomic E-state index is 9.55. The molecular formula is C27H33N3O5. The van der Waals surface area contributed by atoms with E-state index in [1.165, 1.54) is 43.3 Å². The van der Waals surface area contributed by atoms with Gasteiger partial charge in [0.1, 0.15) is 0 Å². The largest absolute Gasteiger partial charge is 0.478 e. The molecule has 1 aliphatic rings. The summed E-state index contributed by atoms with van der Waals surface area (Å²) >= 11 is 0. The molecule has 8 heteroatoms. The zero-order valence-corrected chi connectivity index (χ0v) is 20.3. The normalized spacial score (nSPS) is 14.6. The molecule has 1 fully saturated rings. The second kappa shape index (κ2) is 12.7. The number of carboxylic acid groups (broad SMARTS) is 2. The van der Waals surface area contributed by atoms with Crippen molar-refractivity contribution >= 4 is 28.6 Å². The predicted molar refractivity (Wildman–Crippen MR) is 136 cm³/mol. The van der Waals surface area contributed by atoms with Gasteiger partial charge in [0.15, 0.2) is 5.58 Å². The molecule has 0 saturated carbocycles. The van der Waals surface area contributed by atoms with Gasteiger partial charge in [-0.1, -0.05) is 35.5 Å². The Morgan fingerprint density at radius 1 is 1.06 bits per heavy atom. The third kappa shape index (κ3) is 8.26. The molecule has 35 heavy (non-hydrogen) atoms. The predicted octanol–water partition coefficient (Wildman–Crippen LogP) is 4.45. The van der Waals surface area contributed by atoms with Crippen LogP contribution in [0.5, 0.6) is 0 Å². The number of aryl methyl sites for hydroxylation is 1. The Morgan fingerprint density at radius 2 is 1.71 bits per heavy atom. The SMILES string of the molecule is CN(C)c1ccc2c(CCC3CCN(Cc4ccccc4)CC3)noc2c1.O=C(O)/C=C/C(=O)O. The first-order valence-corrected chi connectivity index (χ1v) is 11.8. The second-order valence-corrected chi connectivity index (χ2v) is 8.96. The van der Waals surface area contributed by atoms with Crippen molar-refractivity contribution in [3.8, 4) is 0 Å². The minimum atomic E-state index is -1.26. The molecule has 0 spiro atoms. The summed E-state index contributed by atoms with van der Waals surface area (Å²) in [6.07, 6.45) is 5.90. The molecule has 2 aromatic carbocycles. The Kier molecular flexibility index (Phi) is 9.43.